The van der Waals surface area contributed by atoms with Gasteiger partial charge in [-0.2, -0.15) is 0 Å². The van der Waals surface area contributed by atoms with Gasteiger partial charge < -0.3 is 15.8 Å². The summed E-state index contributed by atoms with van der Waals surface area (Å²) in [5, 5.41) is 3.06. The molecule has 0 bridgehead atoms. The van der Waals surface area contributed by atoms with E-state index in [1.807, 2.05) is 0 Å². The summed E-state index contributed by atoms with van der Waals surface area (Å²) in [6, 6.07) is 0. The Morgan fingerprint density at radius 3 is 2.84 bits per heavy atom. The highest BCUT2D eigenvalue weighted by Gasteiger charge is 2.26. The van der Waals surface area contributed by atoms with E-state index in [-0.39, 0.29) is 5.91 Å². The SMILES string of the molecule is CCC(CCN)CCC(=O)NCC1CCOC1CC. The van der Waals surface area contributed by atoms with Crippen molar-refractivity contribution in [3.8, 4) is 0 Å². The average molecular weight is 270 g/mol. The summed E-state index contributed by atoms with van der Waals surface area (Å²) in [5.74, 6) is 1.27. The molecule has 112 valence electrons. The van der Waals surface area contributed by atoms with Gasteiger partial charge in [-0.05, 0) is 38.1 Å². The lowest BCUT2D eigenvalue weighted by Crippen LogP contribution is -2.32. The summed E-state index contributed by atoms with van der Waals surface area (Å²) >= 11 is 0. The fourth-order valence-corrected chi connectivity index (χ4v) is 2.83. The molecule has 1 amide bonds. The van der Waals surface area contributed by atoms with E-state index in [4.69, 9.17) is 10.5 Å². The van der Waals surface area contributed by atoms with E-state index < -0.39 is 0 Å². The largest absolute Gasteiger partial charge is 0.378 e. The first-order valence-corrected chi connectivity index (χ1v) is 7.79. The molecule has 1 fully saturated rings. The maximum absolute atomic E-state index is 11.8. The molecule has 0 spiro atoms. The molecule has 3 atom stereocenters. The standard InChI is InChI=1S/C15H30N2O2/c1-3-12(7-9-16)5-6-15(18)17-11-13-8-10-19-14(13)4-2/h12-14H,3-11,16H2,1-2H3,(H,17,18). The smallest absolute Gasteiger partial charge is 0.220 e. The first-order chi connectivity index (χ1) is 9.21. The van der Waals surface area contributed by atoms with Crippen molar-refractivity contribution in [3.05, 3.63) is 0 Å². The van der Waals surface area contributed by atoms with Crippen molar-refractivity contribution in [2.75, 3.05) is 19.7 Å². The Morgan fingerprint density at radius 1 is 1.42 bits per heavy atom. The van der Waals surface area contributed by atoms with Gasteiger partial charge in [0.25, 0.3) is 0 Å². The highest BCUT2D eigenvalue weighted by Crippen LogP contribution is 2.22. The zero-order chi connectivity index (χ0) is 14.1. The van der Waals surface area contributed by atoms with Gasteiger partial charge in [-0.15, -0.1) is 0 Å². The third-order valence-corrected chi connectivity index (χ3v) is 4.24. The highest BCUT2D eigenvalue weighted by atomic mass is 16.5. The molecule has 1 aliphatic heterocycles. The van der Waals surface area contributed by atoms with Gasteiger partial charge in [0.2, 0.25) is 5.91 Å². The number of nitrogens with one attached hydrogen (secondary N) is 1. The molecule has 1 heterocycles. The minimum absolute atomic E-state index is 0.178. The molecule has 3 unspecified atom stereocenters. The first kappa shape index (κ1) is 16.4. The van der Waals surface area contributed by atoms with Gasteiger partial charge in [0, 0.05) is 25.5 Å². The molecule has 1 saturated heterocycles. The van der Waals surface area contributed by atoms with Crippen LogP contribution in [0.3, 0.4) is 0 Å². The Morgan fingerprint density at radius 2 is 2.21 bits per heavy atom. The third-order valence-electron chi connectivity index (χ3n) is 4.24. The van der Waals surface area contributed by atoms with Crippen molar-refractivity contribution in [1.82, 2.24) is 5.32 Å². The maximum atomic E-state index is 11.8. The summed E-state index contributed by atoms with van der Waals surface area (Å²) < 4.78 is 5.63. The molecule has 19 heavy (non-hydrogen) atoms. The summed E-state index contributed by atoms with van der Waals surface area (Å²) in [6.07, 6.45) is 6.16. The van der Waals surface area contributed by atoms with Crippen LogP contribution in [0.1, 0.15) is 52.4 Å². The summed E-state index contributed by atoms with van der Waals surface area (Å²) in [7, 11) is 0. The molecule has 3 N–H and O–H groups in total. The van der Waals surface area contributed by atoms with Crippen LogP contribution in [0.5, 0.6) is 0 Å². The number of hydrogen-bond donors (Lipinski definition) is 2. The maximum Gasteiger partial charge on any atom is 0.220 e. The molecule has 0 saturated carbocycles. The van der Waals surface area contributed by atoms with Crippen molar-refractivity contribution in [1.29, 1.82) is 0 Å². The van der Waals surface area contributed by atoms with Crippen molar-refractivity contribution in [3.63, 3.8) is 0 Å². The fraction of sp³-hybridized carbons (Fsp3) is 0.933. The van der Waals surface area contributed by atoms with Gasteiger partial charge >= 0.3 is 0 Å². The van der Waals surface area contributed by atoms with E-state index in [2.05, 4.69) is 19.2 Å². The van der Waals surface area contributed by atoms with E-state index in [1.165, 1.54) is 0 Å². The molecule has 0 aliphatic carbocycles. The van der Waals surface area contributed by atoms with Crippen LogP contribution in [0.25, 0.3) is 0 Å². The molecule has 4 heteroatoms. The van der Waals surface area contributed by atoms with E-state index >= 15 is 0 Å². The van der Waals surface area contributed by atoms with Gasteiger partial charge in [-0.25, -0.2) is 0 Å². The van der Waals surface area contributed by atoms with Gasteiger partial charge in [-0.1, -0.05) is 20.3 Å². The van der Waals surface area contributed by atoms with E-state index in [9.17, 15) is 4.79 Å². The Labute approximate surface area is 117 Å². The molecular weight excluding hydrogens is 240 g/mol. The first-order valence-electron chi connectivity index (χ1n) is 7.79. The second kappa shape index (κ2) is 9.32. The summed E-state index contributed by atoms with van der Waals surface area (Å²) in [6.45, 7) is 6.64. The van der Waals surface area contributed by atoms with Crippen LogP contribution < -0.4 is 11.1 Å². The van der Waals surface area contributed by atoms with Gasteiger partial charge in [0.1, 0.15) is 0 Å². The van der Waals surface area contributed by atoms with Crippen LogP contribution in [0.2, 0.25) is 0 Å². The lowest BCUT2D eigenvalue weighted by molar-refractivity contribution is -0.121. The fourth-order valence-electron chi connectivity index (χ4n) is 2.83. The molecule has 0 aromatic rings. The second-order valence-corrected chi connectivity index (χ2v) is 5.56. The van der Waals surface area contributed by atoms with E-state index in [0.29, 0.717) is 24.4 Å². The minimum Gasteiger partial charge on any atom is -0.378 e. The molecule has 1 rings (SSSR count). The zero-order valence-corrected chi connectivity index (χ0v) is 12.5. The van der Waals surface area contributed by atoms with Crippen molar-refractivity contribution < 1.29 is 9.53 Å². The molecule has 0 aromatic heterocycles. The predicted octanol–water partition coefficient (Wildman–Crippen LogP) is 2.07. The van der Waals surface area contributed by atoms with Gasteiger partial charge in [0.15, 0.2) is 0 Å². The van der Waals surface area contributed by atoms with Crippen LogP contribution in [0.15, 0.2) is 0 Å². The Hall–Kier alpha value is -0.610. The van der Waals surface area contributed by atoms with Crippen LogP contribution in [-0.4, -0.2) is 31.7 Å². The number of ether oxygens (including phenoxy) is 1. The summed E-state index contributed by atoms with van der Waals surface area (Å²) in [5.41, 5.74) is 5.57. The number of rotatable bonds is 9. The van der Waals surface area contributed by atoms with Crippen molar-refractivity contribution >= 4 is 5.91 Å². The van der Waals surface area contributed by atoms with E-state index in [0.717, 1.165) is 51.8 Å². The number of carbonyl (C=O) groups is 1. The van der Waals surface area contributed by atoms with Gasteiger partial charge in [-0.3, -0.25) is 4.79 Å². The topological polar surface area (TPSA) is 64.4 Å². The van der Waals surface area contributed by atoms with E-state index in [1.54, 1.807) is 0 Å². The average Bonchev–Trinajstić information content (AvgIpc) is 2.88. The summed E-state index contributed by atoms with van der Waals surface area (Å²) in [4.78, 5) is 11.8. The van der Waals surface area contributed by atoms with Crippen LogP contribution in [-0.2, 0) is 9.53 Å². The number of carbonyl (C=O) groups excluding carboxylic acids is 1. The minimum atomic E-state index is 0.178. The lowest BCUT2D eigenvalue weighted by atomic mass is 9.96. The van der Waals surface area contributed by atoms with Crippen LogP contribution in [0, 0.1) is 11.8 Å². The highest BCUT2D eigenvalue weighted by molar-refractivity contribution is 5.75. The Balaban J connectivity index is 2.17. The molecule has 4 nitrogen and oxygen atoms in total. The zero-order valence-electron chi connectivity index (χ0n) is 12.5. The normalized spacial score (nSPS) is 24.4. The van der Waals surface area contributed by atoms with Crippen molar-refractivity contribution in [2.45, 2.75) is 58.5 Å². The monoisotopic (exact) mass is 270 g/mol. The predicted molar refractivity (Wildman–Crippen MR) is 77.8 cm³/mol. The quantitative estimate of drug-likeness (QED) is 0.674. The lowest BCUT2D eigenvalue weighted by Gasteiger charge is -2.18. The third kappa shape index (κ3) is 5.91. The van der Waals surface area contributed by atoms with Crippen LogP contribution >= 0.6 is 0 Å². The number of nitrogens with two attached hydrogens (primary N) is 1. The number of hydrogen-bond acceptors (Lipinski definition) is 3. The molecular formula is C15H30N2O2. The van der Waals surface area contributed by atoms with Gasteiger partial charge in [0.05, 0.1) is 6.10 Å². The Bertz CT molecular complexity index is 259. The van der Waals surface area contributed by atoms with Crippen LogP contribution in [0.4, 0.5) is 0 Å². The number of amides is 1. The van der Waals surface area contributed by atoms with Crippen molar-refractivity contribution in [2.24, 2.45) is 17.6 Å². The second-order valence-electron chi connectivity index (χ2n) is 5.56. The molecule has 0 aromatic carbocycles. The molecule has 0 radical (unpaired) electrons. The Kier molecular flexibility index (Phi) is 8.07. The molecule has 1 aliphatic rings.